The molecule has 0 bridgehead atoms. The van der Waals surface area contributed by atoms with Crippen molar-refractivity contribution in [1.82, 2.24) is 14.9 Å². The van der Waals surface area contributed by atoms with E-state index < -0.39 is 0 Å². The summed E-state index contributed by atoms with van der Waals surface area (Å²) >= 11 is 0. The molecule has 1 aliphatic rings. The van der Waals surface area contributed by atoms with Crippen LogP contribution in [0.3, 0.4) is 0 Å². The molecule has 1 saturated heterocycles. The van der Waals surface area contributed by atoms with Crippen LogP contribution in [0.2, 0.25) is 0 Å². The first-order valence-corrected chi connectivity index (χ1v) is 9.29. The SMILES string of the molecule is COc1cccc(N2CCN(C(=O)c3ccc(-c4cccnc4)nc3)CC2)c1. The molecule has 2 aromatic heterocycles. The second-order valence-electron chi connectivity index (χ2n) is 6.65. The normalized spacial score (nSPS) is 14.0. The summed E-state index contributed by atoms with van der Waals surface area (Å²) in [5, 5.41) is 0. The van der Waals surface area contributed by atoms with Gasteiger partial charge in [0.2, 0.25) is 0 Å². The topological polar surface area (TPSA) is 58.6 Å². The van der Waals surface area contributed by atoms with Gasteiger partial charge >= 0.3 is 0 Å². The lowest BCUT2D eigenvalue weighted by molar-refractivity contribution is 0.0746. The van der Waals surface area contributed by atoms with Crippen molar-refractivity contribution in [3.8, 4) is 17.0 Å². The molecule has 0 N–H and O–H groups in total. The Kier molecular flexibility index (Phi) is 5.19. The van der Waals surface area contributed by atoms with Crippen molar-refractivity contribution in [2.45, 2.75) is 0 Å². The Morgan fingerprint density at radius 1 is 1.00 bits per heavy atom. The average Bonchev–Trinajstić information content (AvgIpc) is 2.79. The predicted molar refractivity (Wildman–Crippen MR) is 109 cm³/mol. The molecule has 3 aromatic rings. The Morgan fingerprint density at radius 3 is 2.54 bits per heavy atom. The number of amides is 1. The Bertz CT molecular complexity index is 936. The number of carbonyl (C=O) groups excluding carboxylic acids is 1. The molecule has 1 fully saturated rings. The number of pyridine rings is 2. The molecular weight excluding hydrogens is 352 g/mol. The first-order chi connectivity index (χ1) is 13.7. The lowest BCUT2D eigenvalue weighted by Crippen LogP contribution is -2.48. The molecule has 0 unspecified atom stereocenters. The van der Waals surface area contributed by atoms with Crippen LogP contribution in [0, 0.1) is 0 Å². The van der Waals surface area contributed by atoms with E-state index in [2.05, 4.69) is 20.9 Å². The number of piperazine rings is 1. The van der Waals surface area contributed by atoms with Crippen LogP contribution in [0.15, 0.2) is 67.1 Å². The summed E-state index contributed by atoms with van der Waals surface area (Å²) in [7, 11) is 1.67. The number of benzene rings is 1. The van der Waals surface area contributed by atoms with Gasteiger partial charge in [0.25, 0.3) is 5.91 Å². The molecule has 28 heavy (non-hydrogen) atoms. The molecule has 0 aliphatic carbocycles. The summed E-state index contributed by atoms with van der Waals surface area (Å²) in [6.07, 6.45) is 5.15. The van der Waals surface area contributed by atoms with E-state index in [1.54, 1.807) is 25.7 Å². The minimum Gasteiger partial charge on any atom is -0.497 e. The van der Waals surface area contributed by atoms with E-state index in [0.29, 0.717) is 18.7 Å². The number of anilines is 1. The number of hydrogen-bond donors (Lipinski definition) is 0. The summed E-state index contributed by atoms with van der Waals surface area (Å²) < 4.78 is 5.30. The quantitative estimate of drug-likeness (QED) is 0.702. The Morgan fingerprint density at radius 2 is 1.86 bits per heavy atom. The van der Waals surface area contributed by atoms with Gasteiger partial charge in [-0.3, -0.25) is 14.8 Å². The molecule has 6 nitrogen and oxygen atoms in total. The Labute approximate surface area is 164 Å². The zero-order valence-electron chi connectivity index (χ0n) is 15.8. The summed E-state index contributed by atoms with van der Waals surface area (Å²) in [4.78, 5) is 25.5. The second-order valence-corrected chi connectivity index (χ2v) is 6.65. The maximum absolute atomic E-state index is 12.8. The molecule has 0 saturated carbocycles. The molecule has 4 rings (SSSR count). The third-order valence-electron chi connectivity index (χ3n) is 4.95. The minimum atomic E-state index is 0.0236. The van der Waals surface area contributed by atoms with Crippen LogP contribution in [0.5, 0.6) is 5.75 Å². The molecule has 6 heteroatoms. The number of nitrogens with zero attached hydrogens (tertiary/aromatic N) is 4. The standard InChI is InChI=1S/C22H22N4O2/c1-28-20-6-2-5-19(14-20)25-10-12-26(13-11-25)22(27)18-7-8-21(24-16-18)17-4-3-9-23-15-17/h2-9,14-16H,10-13H2,1H3. The van der Waals surface area contributed by atoms with Gasteiger partial charge in [0.15, 0.2) is 0 Å². The van der Waals surface area contributed by atoms with E-state index in [1.807, 2.05) is 47.4 Å². The molecule has 1 aliphatic heterocycles. The fraction of sp³-hybridized carbons (Fsp3) is 0.227. The predicted octanol–water partition coefficient (Wildman–Crippen LogP) is 3.11. The van der Waals surface area contributed by atoms with Gasteiger partial charge in [0, 0.05) is 62.1 Å². The van der Waals surface area contributed by atoms with E-state index in [0.717, 1.165) is 35.8 Å². The Balaban J connectivity index is 1.40. The molecule has 3 heterocycles. The highest BCUT2D eigenvalue weighted by molar-refractivity contribution is 5.94. The fourth-order valence-corrected chi connectivity index (χ4v) is 3.36. The molecule has 142 valence electrons. The van der Waals surface area contributed by atoms with Gasteiger partial charge < -0.3 is 14.5 Å². The van der Waals surface area contributed by atoms with Crippen molar-refractivity contribution >= 4 is 11.6 Å². The first kappa shape index (κ1) is 18.0. The summed E-state index contributed by atoms with van der Waals surface area (Å²) in [6, 6.07) is 15.6. The zero-order valence-corrected chi connectivity index (χ0v) is 15.8. The van der Waals surface area contributed by atoms with Gasteiger partial charge in [-0.1, -0.05) is 6.07 Å². The van der Waals surface area contributed by atoms with Gasteiger partial charge in [0.05, 0.1) is 18.4 Å². The summed E-state index contributed by atoms with van der Waals surface area (Å²) in [6.45, 7) is 2.95. The van der Waals surface area contributed by atoms with Crippen molar-refractivity contribution < 1.29 is 9.53 Å². The van der Waals surface area contributed by atoms with Gasteiger partial charge in [-0.2, -0.15) is 0 Å². The number of hydrogen-bond acceptors (Lipinski definition) is 5. The molecule has 0 radical (unpaired) electrons. The van der Waals surface area contributed by atoms with Crippen LogP contribution >= 0.6 is 0 Å². The Hall–Kier alpha value is -3.41. The number of aromatic nitrogens is 2. The maximum Gasteiger partial charge on any atom is 0.255 e. The van der Waals surface area contributed by atoms with E-state index >= 15 is 0 Å². The third-order valence-corrected chi connectivity index (χ3v) is 4.95. The molecule has 1 amide bonds. The van der Waals surface area contributed by atoms with Crippen molar-refractivity contribution in [1.29, 1.82) is 0 Å². The second kappa shape index (κ2) is 8.08. The van der Waals surface area contributed by atoms with Gasteiger partial charge in [0.1, 0.15) is 5.75 Å². The maximum atomic E-state index is 12.8. The van der Waals surface area contributed by atoms with Gasteiger partial charge in [-0.05, 0) is 36.4 Å². The van der Waals surface area contributed by atoms with E-state index in [4.69, 9.17) is 4.74 Å². The number of ether oxygens (including phenoxy) is 1. The smallest absolute Gasteiger partial charge is 0.255 e. The van der Waals surface area contributed by atoms with Crippen LogP contribution < -0.4 is 9.64 Å². The largest absolute Gasteiger partial charge is 0.497 e. The van der Waals surface area contributed by atoms with Crippen LogP contribution in [0.4, 0.5) is 5.69 Å². The van der Waals surface area contributed by atoms with Crippen molar-refractivity contribution in [3.05, 3.63) is 72.7 Å². The molecule has 1 aromatic carbocycles. The van der Waals surface area contributed by atoms with E-state index in [1.165, 1.54) is 0 Å². The number of methoxy groups -OCH3 is 1. The molecular formula is C22H22N4O2. The van der Waals surface area contributed by atoms with Crippen molar-refractivity contribution in [2.24, 2.45) is 0 Å². The van der Waals surface area contributed by atoms with Crippen LogP contribution in [0.25, 0.3) is 11.3 Å². The van der Waals surface area contributed by atoms with Crippen molar-refractivity contribution in [3.63, 3.8) is 0 Å². The minimum absolute atomic E-state index is 0.0236. The highest BCUT2D eigenvalue weighted by Gasteiger charge is 2.22. The molecule has 0 atom stereocenters. The summed E-state index contributed by atoms with van der Waals surface area (Å²) in [5.41, 5.74) is 3.48. The van der Waals surface area contributed by atoms with Crippen molar-refractivity contribution in [2.75, 3.05) is 38.2 Å². The lowest BCUT2D eigenvalue weighted by Gasteiger charge is -2.36. The fourth-order valence-electron chi connectivity index (χ4n) is 3.36. The van der Waals surface area contributed by atoms with E-state index in [-0.39, 0.29) is 5.91 Å². The zero-order chi connectivity index (χ0) is 19.3. The van der Waals surface area contributed by atoms with E-state index in [9.17, 15) is 4.79 Å². The summed E-state index contributed by atoms with van der Waals surface area (Å²) in [5.74, 6) is 0.867. The van der Waals surface area contributed by atoms with Crippen LogP contribution in [0.1, 0.15) is 10.4 Å². The lowest BCUT2D eigenvalue weighted by atomic mass is 10.1. The molecule has 0 spiro atoms. The highest BCUT2D eigenvalue weighted by Crippen LogP contribution is 2.23. The van der Waals surface area contributed by atoms with Gasteiger partial charge in [-0.25, -0.2) is 0 Å². The third kappa shape index (κ3) is 3.81. The van der Waals surface area contributed by atoms with Crippen LogP contribution in [-0.4, -0.2) is 54.1 Å². The first-order valence-electron chi connectivity index (χ1n) is 9.29. The van der Waals surface area contributed by atoms with Gasteiger partial charge in [-0.15, -0.1) is 0 Å². The average molecular weight is 374 g/mol. The number of rotatable bonds is 4. The monoisotopic (exact) mass is 374 g/mol. The number of carbonyl (C=O) groups is 1. The highest BCUT2D eigenvalue weighted by atomic mass is 16.5. The van der Waals surface area contributed by atoms with Crippen LogP contribution in [-0.2, 0) is 0 Å².